The number of amides is 2. The molecule has 6 nitrogen and oxygen atoms in total. The number of ether oxygens (including phenoxy) is 1. The second-order valence-corrected chi connectivity index (χ2v) is 8.23. The number of nitrogens with one attached hydrogen (secondary N) is 3. The number of thiocarbonyl (C=S) groups is 1. The van der Waals surface area contributed by atoms with Crippen LogP contribution < -0.4 is 20.7 Å². The Balaban J connectivity index is 1.70. The Morgan fingerprint density at radius 1 is 0.938 bits per heavy atom. The number of hydrogen-bond acceptors (Lipinski definition) is 4. The van der Waals surface area contributed by atoms with Crippen molar-refractivity contribution in [2.45, 2.75) is 13.0 Å². The zero-order valence-corrected chi connectivity index (χ0v) is 19.9. The van der Waals surface area contributed by atoms with Crippen LogP contribution in [0.25, 0.3) is 0 Å². The van der Waals surface area contributed by atoms with Gasteiger partial charge in [-0.1, -0.05) is 58.4 Å². The van der Waals surface area contributed by atoms with Crippen LogP contribution in [0.4, 0.5) is 5.69 Å². The Kier molecular flexibility index (Phi) is 7.97. The molecule has 0 bridgehead atoms. The van der Waals surface area contributed by atoms with E-state index in [4.69, 9.17) is 17.0 Å². The second kappa shape index (κ2) is 10.9. The molecule has 0 spiro atoms. The Hall–Kier alpha value is -3.23. The van der Waals surface area contributed by atoms with Gasteiger partial charge in [0.05, 0.1) is 30.0 Å². The number of rotatable bonds is 6. The van der Waals surface area contributed by atoms with Crippen LogP contribution in [0.15, 0.2) is 77.3 Å². The lowest BCUT2D eigenvalue weighted by atomic mass is 10.1. The third kappa shape index (κ3) is 5.93. The van der Waals surface area contributed by atoms with E-state index in [1.54, 1.807) is 42.5 Å². The maximum Gasteiger partial charge on any atom is 0.261 e. The minimum absolute atomic E-state index is 0.0633. The van der Waals surface area contributed by atoms with Gasteiger partial charge in [0.25, 0.3) is 11.8 Å². The lowest BCUT2D eigenvalue weighted by molar-refractivity contribution is 0.0939. The number of carbonyl (C=O) groups is 2. The van der Waals surface area contributed by atoms with Gasteiger partial charge in [0.2, 0.25) is 0 Å². The van der Waals surface area contributed by atoms with Crippen molar-refractivity contribution in [2.75, 3.05) is 12.4 Å². The zero-order valence-electron chi connectivity index (χ0n) is 17.5. The number of methoxy groups -OCH3 is 1. The number of anilines is 1. The average Bonchev–Trinajstić information content (AvgIpc) is 2.79. The van der Waals surface area contributed by atoms with Crippen LogP contribution in [0.3, 0.4) is 0 Å². The largest absolute Gasteiger partial charge is 0.496 e. The molecule has 0 fully saturated rings. The van der Waals surface area contributed by atoms with E-state index in [9.17, 15) is 9.59 Å². The smallest absolute Gasteiger partial charge is 0.261 e. The maximum absolute atomic E-state index is 12.9. The van der Waals surface area contributed by atoms with Gasteiger partial charge in [0.15, 0.2) is 5.11 Å². The summed E-state index contributed by atoms with van der Waals surface area (Å²) in [6.45, 7) is 1.92. The summed E-state index contributed by atoms with van der Waals surface area (Å²) in [5, 5.41) is 8.62. The summed E-state index contributed by atoms with van der Waals surface area (Å²) in [6, 6.07) is 21.6. The molecule has 2 amide bonds. The monoisotopic (exact) mass is 511 g/mol. The summed E-state index contributed by atoms with van der Waals surface area (Å²) in [5.41, 5.74) is 2.22. The standard InChI is InChI=1S/C24H22BrN3O3S/c1-15(16-8-4-3-5-9-16)26-22(29)18-10-6-7-11-20(18)27-24(32)28-23(30)19-14-17(25)12-13-21(19)31-2/h3-15H,1-2H3,(H,26,29)(H2,27,28,30,32). The Morgan fingerprint density at radius 2 is 1.62 bits per heavy atom. The van der Waals surface area contributed by atoms with Crippen molar-refractivity contribution < 1.29 is 14.3 Å². The molecule has 0 radical (unpaired) electrons. The van der Waals surface area contributed by atoms with Crippen molar-refractivity contribution in [3.8, 4) is 5.75 Å². The third-order valence-electron chi connectivity index (χ3n) is 4.70. The highest BCUT2D eigenvalue weighted by molar-refractivity contribution is 9.10. The van der Waals surface area contributed by atoms with Gasteiger partial charge in [-0.3, -0.25) is 14.9 Å². The molecule has 164 valence electrons. The summed E-state index contributed by atoms with van der Waals surface area (Å²) in [7, 11) is 1.49. The van der Waals surface area contributed by atoms with E-state index in [2.05, 4.69) is 31.9 Å². The van der Waals surface area contributed by atoms with Crippen molar-refractivity contribution >= 4 is 50.8 Å². The lowest BCUT2D eigenvalue weighted by Gasteiger charge is -2.17. The highest BCUT2D eigenvalue weighted by atomic mass is 79.9. The summed E-state index contributed by atoms with van der Waals surface area (Å²) < 4.78 is 5.98. The molecule has 0 heterocycles. The van der Waals surface area contributed by atoms with E-state index in [0.717, 1.165) is 10.0 Å². The van der Waals surface area contributed by atoms with Crippen LogP contribution in [0.2, 0.25) is 0 Å². The Morgan fingerprint density at radius 3 is 2.34 bits per heavy atom. The number of benzene rings is 3. The van der Waals surface area contributed by atoms with Crippen LogP contribution in [0, 0.1) is 0 Å². The van der Waals surface area contributed by atoms with E-state index in [1.165, 1.54) is 7.11 Å². The van der Waals surface area contributed by atoms with E-state index in [-0.39, 0.29) is 17.1 Å². The SMILES string of the molecule is COc1ccc(Br)cc1C(=O)NC(=S)Nc1ccccc1C(=O)NC(C)c1ccccc1. The highest BCUT2D eigenvalue weighted by Gasteiger charge is 2.17. The first kappa shape index (κ1) is 23.4. The molecular formula is C24H22BrN3O3S. The molecule has 8 heteroatoms. The Labute approximate surface area is 200 Å². The van der Waals surface area contributed by atoms with Crippen molar-refractivity contribution in [1.29, 1.82) is 0 Å². The van der Waals surface area contributed by atoms with Crippen LogP contribution in [0.1, 0.15) is 39.2 Å². The lowest BCUT2D eigenvalue weighted by Crippen LogP contribution is -2.35. The van der Waals surface area contributed by atoms with Crippen LogP contribution >= 0.6 is 28.1 Å². The zero-order chi connectivity index (χ0) is 23.1. The molecule has 3 N–H and O–H groups in total. The van der Waals surface area contributed by atoms with Gasteiger partial charge in [-0.25, -0.2) is 0 Å². The van der Waals surface area contributed by atoms with E-state index in [0.29, 0.717) is 22.6 Å². The number of para-hydroxylation sites is 1. The summed E-state index contributed by atoms with van der Waals surface area (Å²) in [4.78, 5) is 25.6. The van der Waals surface area contributed by atoms with E-state index >= 15 is 0 Å². The van der Waals surface area contributed by atoms with Gasteiger partial charge in [-0.2, -0.15) is 0 Å². The molecule has 0 aromatic heterocycles. The van der Waals surface area contributed by atoms with Gasteiger partial charge in [-0.05, 0) is 55.0 Å². The van der Waals surface area contributed by atoms with Crippen molar-refractivity contribution in [2.24, 2.45) is 0 Å². The maximum atomic E-state index is 12.9. The second-order valence-electron chi connectivity index (χ2n) is 6.90. The first-order chi connectivity index (χ1) is 15.4. The van der Waals surface area contributed by atoms with Gasteiger partial charge >= 0.3 is 0 Å². The summed E-state index contributed by atoms with van der Waals surface area (Å²) >= 11 is 8.66. The molecule has 3 aromatic rings. The minimum Gasteiger partial charge on any atom is -0.496 e. The molecule has 0 saturated carbocycles. The van der Waals surface area contributed by atoms with Gasteiger partial charge < -0.3 is 15.4 Å². The van der Waals surface area contributed by atoms with E-state index in [1.807, 2.05) is 37.3 Å². The van der Waals surface area contributed by atoms with Gasteiger partial charge in [0, 0.05) is 4.47 Å². The van der Waals surface area contributed by atoms with Crippen LogP contribution in [-0.2, 0) is 0 Å². The number of carbonyl (C=O) groups excluding carboxylic acids is 2. The first-order valence-corrected chi connectivity index (χ1v) is 11.0. The first-order valence-electron chi connectivity index (χ1n) is 9.79. The number of hydrogen-bond donors (Lipinski definition) is 3. The summed E-state index contributed by atoms with van der Waals surface area (Å²) in [5.74, 6) is -0.268. The minimum atomic E-state index is -0.430. The third-order valence-corrected chi connectivity index (χ3v) is 5.40. The average molecular weight is 512 g/mol. The quantitative estimate of drug-likeness (QED) is 0.402. The van der Waals surface area contributed by atoms with Crippen molar-refractivity contribution in [1.82, 2.24) is 10.6 Å². The molecular weight excluding hydrogens is 490 g/mol. The molecule has 1 atom stereocenters. The molecule has 3 aromatic carbocycles. The van der Waals surface area contributed by atoms with Crippen molar-refractivity contribution in [3.05, 3.63) is 94.0 Å². The molecule has 0 aliphatic carbocycles. The molecule has 0 aliphatic rings. The van der Waals surface area contributed by atoms with E-state index < -0.39 is 5.91 Å². The fraction of sp³-hybridized carbons (Fsp3) is 0.125. The fourth-order valence-corrected chi connectivity index (χ4v) is 3.63. The topological polar surface area (TPSA) is 79.5 Å². The van der Waals surface area contributed by atoms with Crippen LogP contribution in [-0.4, -0.2) is 24.0 Å². The molecule has 1 unspecified atom stereocenters. The van der Waals surface area contributed by atoms with Gasteiger partial charge in [0.1, 0.15) is 5.75 Å². The predicted octanol–water partition coefficient (Wildman–Crippen LogP) is 5.08. The van der Waals surface area contributed by atoms with Crippen LogP contribution in [0.5, 0.6) is 5.75 Å². The highest BCUT2D eigenvalue weighted by Crippen LogP contribution is 2.23. The van der Waals surface area contributed by atoms with Gasteiger partial charge in [-0.15, -0.1) is 0 Å². The molecule has 3 rings (SSSR count). The normalized spacial score (nSPS) is 11.2. The molecule has 32 heavy (non-hydrogen) atoms. The molecule has 0 saturated heterocycles. The summed E-state index contributed by atoms with van der Waals surface area (Å²) in [6.07, 6.45) is 0. The Bertz CT molecular complexity index is 1140. The fourth-order valence-electron chi connectivity index (χ4n) is 3.07. The molecule has 0 aliphatic heterocycles. The predicted molar refractivity (Wildman–Crippen MR) is 133 cm³/mol. The number of halogens is 1. The van der Waals surface area contributed by atoms with Crippen molar-refractivity contribution in [3.63, 3.8) is 0 Å².